The molecule has 0 radical (unpaired) electrons. The molecule has 0 unspecified atom stereocenters. The van der Waals surface area contributed by atoms with E-state index < -0.39 is 0 Å². The number of carbonyl (C=O) groups excluding carboxylic acids is 1. The SMILES string of the molecule is Cc1cc(Br)cc(NC(=O)c2cccc(S)c2)c1. The highest BCUT2D eigenvalue weighted by atomic mass is 79.9. The Balaban J connectivity index is 2.21. The van der Waals surface area contributed by atoms with Crippen LogP contribution in [-0.2, 0) is 0 Å². The standard InChI is InChI=1S/C14H12BrNOS/c1-9-5-11(15)8-12(6-9)16-14(17)10-3-2-4-13(18)7-10/h2-8,18H,1H3,(H,16,17). The maximum absolute atomic E-state index is 12.0. The summed E-state index contributed by atoms with van der Waals surface area (Å²) in [4.78, 5) is 12.8. The van der Waals surface area contributed by atoms with E-state index in [4.69, 9.17) is 0 Å². The number of anilines is 1. The van der Waals surface area contributed by atoms with E-state index in [0.29, 0.717) is 5.56 Å². The summed E-state index contributed by atoms with van der Waals surface area (Å²) in [6, 6.07) is 12.9. The molecule has 2 nitrogen and oxygen atoms in total. The summed E-state index contributed by atoms with van der Waals surface area (Å²) in [5.41, 5.74) is 2.46. The largest absolute Gasteiger partial charge is 0.322 e. The molecular weight excluding hydrogens is 310 g/mol. The lowest BCUT2D eigenvalue weighted by Gasteiger charge is -2.07. The molecule has 92 valence electrons. The highest BCUT2D eigenvalue weighted by molar-refractivity contribution is 9.10. The minimum atomic E-state index is -0.136. The first-order chi connectivity index (χ1) is 8.54. The quantitative estimate of drug-likeness (QED) is 0.793. The van der Waals surface area contributed by atoms with Gasteiger partial charge in [0.1, 0.15) is 0 Å². The fourth-order valence-corrected chi connectivity index (χ4v) is 2.49. The van der Waals surface area contributed by atoms with Gasteiger partial charge >= 0.3 is 0 Å². The number of hydrogen-bond acceptors (Lipinski definition) is 2. The average molecular weight is 322 g/mol. The predicted octanol–water partition coefficient (Wildman–Crippen LogP) is 4.30. The van der Waals surface area contributed by atoms with Gasteiger partial charge in [-0.2, -0.15) is 0 Å². The van der Waals surface area contributed by atoms with E-state index in [1.54, 1.807) is 12.1 Å². The number of aryl methyl sites for hydroxylation is 1. The first-order valence-corrected chi connectivity index (χ1v) is 6.66. The van der Waals surface area contributed by atoms with Crippen LogP contribution in [0.3, 0.4) is 0 Å². The highest BCUT2D eigenvalue weighted by Crippen LogP contribution is 2.20. The topological polar surface area (TPSA) is 29.1 Å². The molecule has 0 spiro atoms. The van der Waals surface area contributed by atoms with Gasteiger partial charge in [0.2, 0.25) is 0 Å². The number of amides is 1. The summed E-state index contributed by atoms with van der Waals surface area (Å²) in [5, 5.41) is 2.86. The minimum absolute atomic E-state index is 0.136. The fraction of sp³-hybridized carbons (Fsp3) is 0.0714. The second-order valence-electron chi connectivity index (χ2n) is 4.02. The predicted molar refractivity (Wildman–Crippen MR) is 80.5 cm³/mol. The van der Waals surface area contributed by atoms with Crippen molar-refractivity contribution in [3.63, 3.8) is 0 Å². The van der Waals surface area contributed by atoms with E-state index in [1.807, 2.05) is 37.3 Å². The molecule has 0 saturated carbocycles. The fourth-order valence-electron chi connectivity index (χ4n) is 1.66. The van der Waals surface area contributed by atoms with Crippen molar-refractivity contribution in [3.05, 3.63) is 58.1 Å². The molecule has 0 aliphatic heterocycles. The van der Waals surface area contributed by atoms with Crippen LogP contribution in [0, 0.1) is 6.92 Å². The van der Waals surface area contributed by atoms with Gasteiger partial charge in [-0.15, -0.1) is 12.6 Å². The molecule has 0 aliphatic rings. The highest BCUT2D eigenvalue weighted by Gasteiger charge is 2.06. The van der Waals surface area contributed by atoms with Gasteiger partial charge < -0.3 is 5.32 Å². The van der Waals surface area contributed by atoms with Gasteiger partial charge in [0.25, 0.3) is 5.91 Å². The molecule has 0 fully saturated rings. The number of halogens is 1. The van der Waals surface area contributed by atoms with Gasteiger partial charge in [0.05, 0.1) is 0 Å². The van der Waals surface area contributed by atoms with Gasteiger partial charge in [0, 0.05) is 20.6 Å². The summed E-state index contributed by atoms with van der Waals surface area (Å²) in [5.74, 6) is -0.136. The molecule has 1 amide bonds. The van der Waals surface area contributed by atoms with Crippen molar-refractivity contribution in [2.75, 3.05) is 5.32 Å². The molecule has 0 atom stereocenters. The normalized spacial score (nSPS) is 10.2. The zero-order valence-electron chi connectivity index (χ0n) is 9.77. The molecule has 2 aromatic rings. The first-order valence-electron chi connectivity index (χ1n) is 5.42. The van der Waals surface area contributed by atoms with Crippen LogP contribution >= 0.6 is 28.6 Å². The molecule has 2 rings (SSSR count). The third-order valence-electron chi connectivity index (χ3n) is 2.41. The summed E-state index contributed by atoms with van der Waals surface area (Å²) in [6.07, 6.45) is 0. The summed E-state index contributed by atoms with van der Waals surface area (Å²) < 4.78 is 0.945. The Hall–Kier alpha value is -1.26. The third-order valence-corrected chi connectivity index (χ3v) is 3.14. The Morgan fingerprint density at radius 3 is 2.67 bits per heavy atom. The average Bonchev–Trinajstić information content (AvgIpc) is 2.27. The molecule has 0 aliphatic carbocycles. The van der Waals surface area contributed by atoms with Crippen LogP contribution < -0.4 is 5.32 Å². The van der Waals surface area contributed by atoms with Crippen LogP contribution in [0.5, 0.6) is 0 Å². The Kier molecular flexibility index (Phi) is 4.09. The van der Waals surface area contributed by atoms with Gasteiger partial charge in [-0.3, -0.25) is 4.79 Å². The second kappa shape index (κ2) is 5.59. The maximum atomic E-state index is 12.0. The number of carbonyl (C=O) groups is 1. The van der Waals surface area contributed by atoms with Crippen LogP contribution in [0.15, 0.2) is 51.8 Å². The molecule has 18 heavy (non-hydrogen) atoms. The molecular formula is C14H12BrNOS. The van der Waals surface area contributed by atoms with E-state index >= 15 is 0 Å². The lowest BCUT2D eigenvalue weighted by Crippen LogP contribution is -2.11. The lowest BCUT2D eigenvalue weighted by molar-refractivity contribution is 0.102. The van der Waals surface area contributed by atoms with E-state index in [-0.39, 0.29) is 5.91 Å². The van der Waals surface area contributed by atoms with E-state index in [2.05, 4.69) is 33.9 Å². The molecule has 0 saturated heterocycles. The van der Waals surface area contributed by atoms with Gasteiger partial charge in [-0.1, -0.05) is 22.0 Å². The van der Waals surface area contributed by atoms with Gasteiger partial charge in [0.15, 0.2) is 0 Å². The molecule has 0 bridgehead atoms. The van der Waals surface area contributed by atoms with E-state index in [1.165, 1.54) is 0 Å². The molecule has 4 heteroatoms. The molecule has 0 aromatic heterocycles. The monoisotopic (exact) mass is 321 g/mol. The van der Waals surface area contributed by atoms with Crippen molar-refractivity contribution in [2.24, 2.45) is 0 Å². The van der Waals surface area contributed by atoms with E-state index in [0.717, 1.165) is 20.6 Å². The minimum Gasteiger partial charge on any atom is -0.322 e. The van der Waals surface area contributed by atoms with Crippen molar-refractivity contribution >= 4 is 40.2 Å². The molecule has 0 heterocycles. The van der Waals surface area contributed by atoms with Crippen molar-refractivity contribution in [1.29, 1.82) is 0 Å². The summed E-state index contributed by atoms with van der Waals surface area (Å²) in [7, 11) is 0. The Morgan fingerprint density at radius 1 is 1.22 bits per heavy atom. The number of benzene rings is 2. The summed E-state index contributed by atoms with van der Waals surface area (Å²) >= 11 is 7.63. The Labute approximate surface area is 120 Å². The number of rotatable bonds is 2. The molecule has 2 aromatic carbocycles. The summed E-state index contributed by atoms with van der Waals surface area (Å²) in [6.45, 7) is 1.98. The van der Waals surface area contributed by atoms with Crippen molar-refractivity contribution in [1.82, 2.24) is 0 Å². The Morgan fingerprint density at radius 2 is 2.00 bits per heavy atom. The zero-order chi connectivity index (χ0) is 13.1. The number of hydrogen-bond donors (Lipinski definition) is 2. The van der Waals surface area contributed by atoms with Crippen LogP contribution in [-0.4, -0.2) is 5.91 Å². The van der Waals surface area contributed by atoms with E-state index in [9.17, 15) is 4.79 Å². The van der Waals surface area contributed by atoms with Gasteiger partial charge in [-0.25, -0.2) is 0 Å². The van der Waals surface area contributed by atoms with Crippen molar-refractivity contribution < 1.29 is 4.79 Å². The van der Waals surface area contributed by atoms with Crippen molar-refractivity contribution in [2.45, 2.75) is 11.8 Å². The lowest BCUT2D eigenvalue weighted by atomic mass is 10.2. The second-order valence-corrected chi connectivity index (χ2v) is 5.45. The van der Waals surface area contributed by atoms with Crippen LogP contribution in [0.1, 0.15) is 15.9 Å². The number of nitrogens with one attached hydrogen (secondary N) is 1. The molecule has 1 N–H and O–H groups in total. The van der Waals surface area contributed by atoms with Crippen molar-refractivity contribution in [3.8, 4) is 0 Å². The van der Waals surface area contributed by atoms with Crippen LogP contribution in [0.2, 0.25) is 0 Å². The van der Waals surface area contributed by atoms with Crippen LogP contribution in [0.25, 0.3) is 0 Å². The smallest absolute Gasteiger partial charge is 0.255 e. The third kappa shape index (κ3) is 3.37. The first kappa shape index (κ1) is 13.2. The Bertz CT molecular complexity index is 578. The van der Waals surface area contributed by atoms with Crippen LogP contribution in [0.4, 0.5) is 5.69 Å². The maximum Gasteiger partial charge on any atom is 0.255 e. The van der Waals surface area contributed by atoms with Gasteiger partial charge in [-0.05, 0) is 48.9 Å². The number of thiol groups is 1. The zero-order valence-corrected chi connectivity index (χ0v) is 12.3.